The largest absolute Gasteiger partial charge is 0.440 e. The van der Waals surface area contributed by atoms with E-state index in [-0.39, 0.29) is 17.6 Å². The first kappa shape index (κ1) is 13.9. The van der Waals surface area contributed by atoms with Gasteiger partial charge in [-0.25, -0.2) is 0 Å². The Morgan fingerprint density at radius 2 is 1.89 bits per heavy atom. The Balaban J connectivity index is 2.11. The molecule has 1 aromatic heterocycles. The molecule has 6 heteroatoms. The van der Waals surface area contributed by atoms with Crippen LogP contribution < -0.4 is 5.32 Å². The summed E-state index contributed by atoms with van der Waals surface area (Å²) in [4.78, 5) is 11.9. The first-order valence-electron chi connectivity index (χ1n) is 5.52. The highest BCUT2D eigenvalue weighted by molar-refractivity contribution is 6.30. The van der Waals surface area contributed by atoms with Crippen LogP contribution in [0.25, 0.3) is 0 Å². The minimum absolute atomic E-state index is 0.0948. The Hall–Kier alpha value is -1.49. The van der Waals surface area contributed by atoms with Gasteiger partial charge in [-0.1, -0.05) is 23.7 Å². The van der Waals surface area contributed by atoms with Crippen molar-refractivity contribution in [2.45, 2.75) is 6.04 Å². The summed E-state index contributed by atoms with van der Waals surface area (Å²) in [6.07, 6.45) is 0. The van der Waals surface area contributed by atoms with E-state index in [1.165, 1.54) is 12.1 Å². The van der Waals surface area contributed by atoms with Gasteiger partial charge in [0.1, 0.15) is 0 Å². The standard InChI is InChI=1S/C13H11Cl2NO3/c14-9-3-1-8(2-4-9)10(7-17)16-13(18)11-5-6-12(15)19-11/h1-6,10,17H,7H2,(H,16,18). The first-order valence-corrected chi connectivity index (χ1v) is 6.28. The van der Waals surface area contributed by atoms with Crippen LogP contribution in [0.15, 0.2) is 40.8 Å². The van der Waals surface area contributed by atoms with Gasteiger partial charge in [0.15, 0.2) is 11.0 Å². The first-order chi connectivity index (χ1) is 9.10. The predicted molar refractivity (Wildman–Crippen MR) is 72.5 cm³/mol. The van der Waals surface area contributed by atoms with Crippen LogP contribution in [0.4, 0.5) is 0 Å². The van der Waals surface area contributed by atoms with Crippen molar-refractivity contribution in [3.8, 4) is 0 Å². The average molecular weight is 300 g/mol. The van der Waals surface area contributed by atoms with Crippen LogP contribution in [0, 0.1) is 0 Å². The predicted octanol–water partition coefficient (Wildman–Crippen LogP) is 3.05. The molecule has 1 amide bonds. The monoisotopic (exact) mass is 299 g/mol. The zero-order chi connectivity index (χ0) is 13.8. The molecule has 2 aromatic rings. The Bertz CT molecular complexity index is 566. The van der Waals surface area contributed by atoms with Gasteiger partial charge in [-0.3, -0.25) is 4.79 Å². The maximum Gasteiger partial charge on any atom is 0.287 e. The third kappa shape index (κ3) is 3.50. The van der Waals surface area contributed by atoms with Gasteiger partial charge in [-0.05, 0) is 41.4 Å². The highest BCUT2D eigenvalue weighted by atomic mass is 35.5. The Morgan fingerprint density at radius 1 is 1.21 bits per heavy atom. The fourth-order valence-corrected chi connectivity index (χ4v) is 1.87. The maximum absolute atomic E-state index is 11.9. The highest BCUT2D eigenvalue weighted by Gasteiger charge is 2.17. The molecule has 1 atom stereocenters. The minimum atomic E-state index is -0.534. The molecule has 0 aliphatic rings. The quantitative estimate of drug-likeness (QED) is 0.912. The average Bonchev–Trinajstić information content (AvgIpc) is 2.84. The molecule has 4 nitrogen and oxygen atoms in total. The van der Waals surface area contributed by atoms with Crippen molar-refractivity contribution in [2.75, 3.05) is 6.61 Å². The van der Waals surface area contributed by atoms with Crippen molar-refractivity contribution in [2.24, 2.45) is 0 Å². The topological polar surface area (TPSA) is 62.5 Å². The molecule has 0 saturated heterocycles. The van der Waals surface area contributed by atoms with Crippen molar-refractivity contribution >= 4 is 29.1 Å². The van der Waals surface area contributed by atoms with Gasteiger partial charge in [-0.15, -0.1) is 0 Å². The molecule has 1 aromatic carbocycles. The second kappa shape index (κ2) is 6.10. The summed E-state index contributed by atoms with van der Waals surface area (Å²) >= 11 is 11.4. The van der Waals surface area contributed by atoms with Gasteiger partial charge >= 0.3 is 0 Å². The molecule has 0 aliphatic heterocycles. The van der Waals surface area contributed by atoms with Crippen LogP contribution in [0.3, 0.4) is 0 Å². The van der Waals surface area contributed by atoms with Gasteiger partial charge in [0, 0.05) is 5.02 Å². The summed E-state index contributed by atoms with van der Waals surface area (Å²) in [7, 11) is 0. The van der Waals surface area contributed by atoms with Gasteiger partial charge in [0.2, 0.25) is 0 Å². The van der Waals surface area contributed by atoms with Crippen molar-refractivity contribution in [1.29, 1.82) is 0 Å². The van der Waals surface area contributed by atoms with Crippen LogP contribution in [0.1, 0.15) is 22.2 Å². The molecule has 0 bridgehead atoms. The second-order valence-electron chi connectivity index (χ2n) is 3.86. The number of aliphatic hydroxyl groups excluding tert-OH is 1. The van der Waals surface area contributed by atoms with Crippen molar-refractivity contribution in [3.05, 3.63) is 58.0 Å². The number of benzene rings is 1. The van der Waals surface area contributed by atoms with Crippen LogP contribution in [-0.2, 0) is 0 Å². The molecule has 1 heterocycles. The van der Waals surface area contributed by atoms with Crippen molar-refractivity contribution in [1.82, 2.24) is 5.32 Å². The molecular weight excluding hydrogens is 289 g/mol. The molecule has 0 radical (unpaired) electrons. The summed E-state index contributed by atoms with van der Waals surface area (Å²) < 4.78 is 5.00. The fraction of sp³-hybridized carbons (Fsp3) is 0.154. The van der Waals surface area contributed by atoms with E-state index < -0.39 is 11.9 Å². The SMILES string of the molecule is O=C(NC(CO)c1ccc(Cl)cc1)c1ccc(Cl)o1. The van der Waals surface area contributed by atoms with E-state index in [0.717, 1.165) is 5.56 Å². The van der Waals surface area contributed by atoms with E-state index in [0.29, 0.717) is 5.02 Å². The molecule has 1 unspecified atom stereocenters. The zero-order valence-corrected chi connectivity index (χ0v) is 11.3. The lowest BCUT2D eigenvalue weighted by atomic mass is 10.1. The Labute approximate surface area is 119 Å². The highest BCUT2D eigenvalue weighted by Crippen LogP contribution is 2.18. The molecule has 2 rings (SSSR count). The molecule has 0 saturated carbocycles. The number of nitrogens with one attached hydrogen (secondary N) is 1. The summed E-state index contributed by atoms with van der Waals surface area (Å²) in [6.45, 7) is -0.234. The van der Waals surface area contributed by atoms with E-state index in [1.807, 2.05) is 0 Å². The van der Waals surface area contributed by atoms with Crippen molar-refractivity contribution in [3.63, 3.8) is 0 Å². The van der Waals surface area contributed by atoms with Crippen LogP contribution >= 0.6 is 23.2 Å². The Kier molecular flexibility index (Phi) is 4.47. The van der Waals surface area contributed by atoms with Crippen LogP contribution in [-0.4, -0.2) is 17.6 Å². The molecule has 0 spiro atoms. The summed E-state index contributed by atoms with van der Waals surface area (Å²) in [5.74, 6) is -0.349. The van der Waals surface area contributed by atoms with E-state index >= 15 is 0 Å². The number of amides is 1. The molecule has 0 aliphatic carbocycles. The third-order valence-electron chi connectivity index (χ3n) is 2.56. The molecule has 0 fully saturated rings. The molecule has 100 valence electrons. The number of hydrogen-bond donors (Lipinski definition) is 2. The number of rotatable bonds is 4. The molecule has 19 heavy (non-hydrogen) atoms. The smallest absolute Gasteiger partial charge is 0.287 e. The van der Waals surface area contributed by atoms with Crippen molar-refractivity contribution < 1.29 is 14.3 Å². The van der Waals surface area contributed by atoms with Gasteiger partial charge in [0.05, 0.1) is 12.6 Å². The summed E-state index contributed by atoms with van der Waals surface area (Å²) in [6, 6.07) is 9.26. The third-order valence-corrected chi connectivity index (χ3v) is 3.01. The maximum atomic E-state index is 11.9. The lowest BCUT2D eigenvalue weighted by Gasteiger charge is -2.15. The molecule has 2 N–H and O–H groups in total. The number of carbonyl (C=O) groups is 1. The van der Waals surface area contributed by atoms with E-state index in [1.54, 1.807) is 24.3 Å². The van der Waals surface area contributed by atoms with Crippen LogP contribution in [0.2, 0.25) is 10.2 Å². The van der Waals surface area contributed by atoms with Gasteiger partial charge < -0.3 is 14.8 Å². The number of carbonyl (C=O) groups excluding carboxylic acids is 1. The van der Waals surface area contributed by atoms with E-state index in [4.69, 9.17) is 27.6 Å². The lowest BCUT2D eigenvalue weighted by Crippen LogP contribution is -2.30. The number of halogens is 2. The van der Waals surface area contributed by atoms with E-state index in [2.05, 4.69) is 5.32 Å². The number of hydrogen-bond acceptors (Lipinski definition) is 3. The second-order valence-corrected chi connectivity index (χ2v) is 4.67. The summed E-state index contributed by atoms with van der Waals surface area (Å²) in [5, 5.41) is 12.7. The Morgan fingerprint density at radius 3 is 2.42 bits per heavy atom. The normalized spacial score (nSPS) is 12.2. The van der Waals surface area contributed by atoms with Gasteiger partial charge in [0.25, 0.3) is 5.91 Å². The van der Waals surface area contributed by atoms with Gasteiger partial charge in [-0.2, -0.15) is 0 Å². The summed E-state index contributed by atoms with van der Waals surface area (Å²) in [5.41, 5.74) is 0.748. The lowest BCUT2D eigenvalue weighted by molar-refractivity contribution is 0.0888. The van der Waals surface area contributed by atoms with Crippen LogP contribution in [0.5, 0.6) is 0 Å². The number of furan rings is 1. The fourth-order valence-electron chi connectivity index (χ4n) is 1.60. The van der Waals surface area contributed by atoms with E-state index in [9.17, 15) is 9.90 Å². The minimum Gasteiger partial charge on any atom is -0.440 e. The number of aliphatic hydroxyl groups is 1. The zero-order valence-electron chi connectivity index (χ0n) is 9.77. The molecular formula is C13H11Cl2NO3.